The van der Waals surface area contributed by atoms with Crippen molar-refractivity contribution in [1.29, 1.82) is 0 Å². The molecule has 1 aliphatic rings. The van der Waals surface area contributed by atoms with Crippen LogP contribution < -0.4 is 10.6 Å². The summed E-state index contributed by atoms with van der Waals surface area (Å²) in [5.74, 6) is 0.380. The molecule has 5 nitrogen and oxygen atoms in total. The molecule has 2 N–H and O–H groups in total. The molecule has 0 radical (unpaired) electrons. The average Bonchev–Trinajstić information content (AvgIpc) is 2.98. The Morgan fingerprint density at radius 3 is 2.80 bits per heavy atom. The highest BCUT2D eigenvalue weighted by Crippen LogP contribution is 2.26. The molecule has 0 bridgehead atoms. The second-order valence-electron chi connectivity index (χ2n) is 6.37. The van der Waals surface area contributed by atoms with E-state index in [9.17, 15) is 8.78 Å². The van der Waals surface area contributed by atoms with E-state index in [2.05, 4.69) is 4.98 Å². The van der Waals surface area contributed by atoms with Crippen LogP contribution in [-0.4, -0.2) is 39.8 Å². The number of piperidine rings is 1. The van der Waals surface area contributed by atoms with E-state index >= 15 is 0 Å². The van der Waals surface area contributed by atoms with Gasteiger partial charge in [0.1, 0.15) is 12.0 Å². The van der Waals surface area contributed by atoms with Gasteiger partial charge in [0.05, 0.1) is 35.5 Å². The van der Waals surface area contributed by atoms with Gasteiger partial charge >= 0.3 is 0 Å². The van der Waals surface area contributed by atoms with Gasteiger partial charge in [-0.15, -0.1) is 0 Å². The van der Waals surface area contributed by atoms with Gasteiger partial charge in [0.2, 0.25) is 5.95 Å². The van der Waals surface area contributed by atoms with Crippen LogP contribution in [0, 0.1) is 5.82 Å². The Morgan fingerprint density at radius 2 is 2.04 bits per heavy atom. The van der Waals surface area contributed by atoms with Crippen molar-refractivity contribution in [2.75, 3.05) is 18.0 Å². The molecule has 2 unspecified atom stereocenters. The number of para-hydroxylation sites is 2. The molecule has 2 aromatic heterocycles. The van der Waals surface area contributed by atoms with Crippen molar-refractivity contribution < 1.29 is 8.78 Å². The summed E-state index contributed by atoms with van der Waals surface area (Å²) in [6, 6.07) is 10.3. The zero-order chi connectivity index (χ0) is 17.4. The zero-order valence-electron chi connectivity index (χ0n) is 13.6. The molecule has 0 saturated carbocycles. The number of hydrogen-bond acceptors (Lipinski definition) is 4. The van der Waals surface area contributed by atoms with Crippen molar-refractivity contribution in [2.45, 2.75) is 25.2 Å². The lowest BCUT2D eigenvalue weighted by atomic mass is 10.1. The summed E-state index contributed by atoms with van der Waals surface area (Å²) in [7, 11) is 0. The molecule has 0 aliphatic carbocycles. The highest BCUT2D eigenvalue weighted by atomic mass is 19.1. The summed E-state index contributed by atoms with van der Waals surface area (Å²) in [4.78, 5) is 10.9. The topological polar surface area (TPSA) is 60.0 Å². The highest BCUT2D eigenvalue weighted by Gasteiger charge is 2.29. The predicted octanol–water partition coefficient (Wildman–Crippen LogP) is 2.49. The summed E-state index contributed by atoms with van der Waals surface area (Å²) in [5, 5.41) is 0. The smallest absolute Gasteiger partial charge is 0.206 e. The fraction of sp³-hybridized carbons (Fsp3) is 0.333. The Balaban J connectivity index is 1.74. The lowest BCUT2D eigenvalue weighted by Crippen LogP contribution is -2.50. The number of nitrogens with two attached hydrogens (primary N) is 1. The van der Waals surface area contributed by atoms with Crippen LogP contribution >= 0.6 is 0 Å². The summed E-state index contributed by atoms with van der Waals surface area (Å²) in [6.07, 6.45) is 0.616. The summed E-state index contributed by atoms with van der Waals surface area (Å²) in [6.45, 7) is 1.44. The molecule has 3 heterocycles. The fourth-order valence-electron chi connectivity index (χ4n) is 3.26. The van der Waals surface area contributed by atoms with Crippen molar-refractivity contribution in [1.82, 2.24) is 14.5 Å². The number of benzene rings is 1. The number of hydrogen-bond donors (Lipinski definition) is 1. The van der Waals surface area contributed by atoms with Crippen LogP contribution in [-0.2, 0) is 6.54 Å². The standard InChI is InChI=1S/C18H19F2N5/c19-12-5-6-13(22-9-12)10-25-17-4-2-1-3-16(17)23-18(25)24-8-7-14(20)15(21)11-24/h1-6,9,14-15H,7-8,10-11,21H2. The third kappa shape index (κ3) is 3.07. The maximum absolute atomic E-state index is 13.7. The van der Waals surface area contributed by atoms with Crippen LogP contribution in [0.25, 0.3) is 11.0 Å². The Labute approximate surface area is 144 Å². The Kier molecular flexibility index (Phi) is 4.09. The van der Waals surface area contributed by atoms with Crippen molar-refractivity contribution >= 4 is 17.0 Å². The van der Waals surface area contributed by atoms with Crippen LogP contribution in [0.1, 0.15) is 12.1 Å². The maximum Gasteiger partial charge on any atom is 0.206 e. The minimum absolute atomic E-state index is 0.365. The van der Waals surface area contributed by atoms with Gasteiger partial charge in [0.15, 0.2) is 0 Å². The maximum atomic E-state index is 13.7. The number of imidazole rings is 1. The molecule has 2 atom stereocenters. The van der Waals surface area contributed by atoms with Crippen molar-refractivity contribution in [3.05, 3.63) is 54.1 Å². The Bertz CT molecular complexity index is 877. The van der Waals surface area contributed by atoms with Gasteiger partial charge in [-0.2, -0.15) is 0 Å². The summed E-state index contributed by atoms with van der Waals surface area (Å²) < 4.78 is 28.9. The highest BCUT2D eigenvalue weighted by molar-refractivity contribution is 5.79. The predicted molar refractivity (Wildman–Crippen MR) is 92.7 cm³/mol. The van der Waals surface area contributed by atoms with Gasteiger partial charge in [-0.05, 0) is 30.7 Å². The van der Waals surface area contributed by atoms with E-state index in [1.54, 1.807) is 6.07 Å². The molecule has 4 rings (SSSR count). The van der Waals surface area contributed by atoms with Crippen molar-refractivity contribution in [2.24, 2.45) is 5.73 Å². The molecule has 7 heteroatoms. The minimum atomic E-state index is -0.979. The van der Waals surface area contributed by atoms with E-state index < -0.39 is 12.2 Å². The van der Waals surface area contributed by atoms with Gasteiger partial charge in [-0.1, -0.05) is 12.1 Å². The first-order chi connectivity index (χ1) is 12.1. The average molecular weight is 343 g/mol. The third-order valence-corrected chi connectivity index (χ3v) is 4.60. The Hall–Kier alpha value is -2.54. The molecule has 1 aliphatic heterocycles. The number of halogens is 2. The molecule has 3 aromatic rings. The molecule has 1 aromatic carbocycles. The van der Waals surface area contributed by atoms with Gasteiger partial charge in [-0.3, -0.25) is 4.98 Å². The minimum Gasteiger partial charge on any atom is -0.340 e. The number of fused-ring (bicyclic) bond motifs is 1. The first-order valence-corrected chi connectivity index (χ1v) is 8.32. The van der Waals surface area contributed by atoms with E-state index in [0.29, 0.717) is 26.1 Å². The molecular weight excluding hydrogens is 324 g/mol. The second-order valence-corrected chi connectivity index (χ2v) is 6.37. The number of aromatic nitrogens is 3. The molecule has 25 heavy (non-hydrogen) atoms. The SMILES string of the molecule is NC1CN(c2nc3ccccc3n2Cc2ccc(F)cn2)CCC1F. The van der Waals surface area contributed by atoms with Crippen molar-refractivity contribution in [3.8, 4) is 0 Å². The van der Waals surface area contributed by atoms with E-state index in [0.717, 1.165) is 22.7 Å². The largest absolute Gasteiger partial charge is 0.340 e. The fourth-order valence-corrected chi connectivity index (χ4v) is 3.26. The van der Waals surface area contributed by atoms with Gasteiger partial charge < -0.3 is 15.2 Å². The van der Waals surface area contributed by atoms with Crippen LogP contribution in [0.2, 0.25) is 0 Å². The molecule has 130 valence electrons. The van der Waals surface area contributed by atoms with Crippen LogP contribution in [0.15, 0.2) is 42.6 Å². The molecular formula is C18H19F2N5. The van der Waals surface area contributed by atoms with Crippen LogP contribution in [0.5, 0.6) is 0 Å². The quantitative estimate of drug-likeness (QED) is 0.794. The summed E-state index contributed by atoms with van der Waals surface area (Å²) in [5.41, 5.74) is 8.46. The normalized spacial score (nSPS) is 21.0. The lowest BCUT2D eigenvalue weighted by molar-refractivity contribution is 0.243. The van der Waals surface area contributed by atoms with E-state index in [4.69, 9.17) is 10.7 Å². The van der Waals surface area contributed by atoms with E-state index in [1.165, 1.54) is 12.3 Å². The molecule has 0 spiro atoms. The first kappa shape index (κ1) is 16.0. The number of anilines is 1. The van der Waals surface area contributed by atoms with E-state index in [-0.39, 0.29) is 5.82 Å². The number of nitrogens with zero attached hydrogens (tertiary/aromatic N) is 4. The second kappa shape index (κ2) is 6.40. The Morgan fingerprint density at radius 1 is 1.20 bits per heavy atom. The summed E-state index contributed by atoms with van der Waals surface area (Å²) >= 11 is 0. The van der Waals surface area contributed by atoms with Crippen molar-refractivity contribution in [3.63, 3.8) is 0 Å². The van der Waals surface area contributed by atoms with Crippen LogP contribution in [0.4, 0.5) is 14.7 Å². The number of pyridine rings is 1. The van der Waals surface area contributed by atoms with Crippen LogP contribution in [0.3, 0.4) is 0 Å². The molecule has 1 fully saturated rings. The molecule has 0 amide bonds. The van der Waals surface area contributed by atoms with Gasteiger partial charge in [0.25, 0.3) is 0 Å². The van der Waals surface area contributed by atoms with E-state index in [1.807, 2.05) is 33.7 Å². The van der Waals surface area contributed by atoms with Gasteiger partial charge in [0, 0.05) is 13.1 Å². The zero-order valence-corrected chi connectivity index (χ0v) is 13.6. The third-order valence-electron chi connectivity index (χ3n) is 4.60. The number of alkyl halides is 1. The molecule has 1 saturated heterocycles. The lowest BCUT2D eigenvalue weighted by Gasteiger charge is -2.34. The number of rotatable bonds is 3. The monoisotopic (exact) mass is 343 g/mol. The first-order valence-electron chi connectivity index (χ1n) is 8.32. The van der Waals surface area contributed by atoms with Gasteiger partial charge in [-0.25, -0.2) is 13.8 Å².